The zero-order chi connectivity index (χ0) is 28.3. The Hall–Kier alpha value is -2.58. The zero-order valence-corrected chi connectivity index (χ0v) is 24.5. The van der Waals surface area contributed by atoms with Crippen LogP contribution >= 0.6 is 11.8 Å². The summed E-state index contributed by atoms with van der Waals surface area (Å²) < 4.78 is 4.13. The Morgan fingerprint density at radius 3 is 2.60 bits per heavy atom. The first-order chi connectivity index (χ1) is 19.4. The van der Waals surface area contributed by atoms with Crippen LogP contribution in [0.1, 0.15) is 57.9 Å². The Bertz CT molecular complexity index is 1160. The summed E-state index contributed by atoms with van der Waals surface area (Å²) in [5.74, 6) is -2.19. The fourth-order valence-electron chi connectivity index (χ4n) is 7.07. The van der Waals surface area contributed by atoms with Crippen molar-refractivity contribution in [3.63, 3.8) is 0 Å². The molecule has 0 saturated carbocycles. The van der Waals surface area contributed by atoms with E-state index in [1.807, 2.05) is 54.3 Å². The first kappa shape index (κ1) is 28.9. The third-order valence-electron chi connectivity index (χ3n) is 8.97. The van der Waals surface area contributed by atoms with Gasteiger partial charge in [-0.1, -0.05) is 74.4 Å². The Kier molecular flexibility index (Phi) is 8.76. The molecule has 216 valence electrons. The highest BCUT2D eigenvalue weighted by atomic mass is 32.2. The summed E-state index contributed by atoms with van der Waals surface area (Å²) in [6.07, 6.45) is 14.2. The SMILES string of the molecule is CCCCCN1CC=C[C@]23S[C@@]4(C)/C=C\CCCCOC(=O)[C@H]4[C@H]2C(=O)N([C@@H](CO)Cc2ccccc2)C3C1=O. The number of carbonyl (C=O) groups is 3. The highest BCUT2D eigenvalue weighted by molar-refractivity contribution is 8.02. The number of aliphatic hydroxyl groups is 1. The molecule has 4 aliphatic heterocycles. The van der Waals surface area contributed by atoms with Gasteiger partial charge >= 0.3 is 5.97 Å². The van der Waals surface area contributed by atoms with Crippen molar-refractivity contribution < 1.29 is 24.2 Å². The van der Waals surface area contributed by atoms with Gasteiger partial charge in [0.25, 0.3) is 0 Å². The molecule has 4 heterocycles. The van der Waals surface area contributed by atoms with Gasteiger partial charge in [0.1, 0.15) is 6.04 Å². The van der Waals surface area contributed by atoms with E-state index in [-0.39, 0.29) is 24.4 Å². The number of carbonyl (C=O) groups excluding carboxylic acids is 3. The van der Waals surface area contributed by atoms with Gasteiger partial charge in [-0.3, -0.25) is 14.4 Å². The number of unbranched alkanes of at least 4 members (excludes halogenated alkanes) is 2. The minimum Gasteiger partial charge on any atom is -0.465 e. The molecule has 40 heavy (non-hydrogen) atoms. The van der Waals surface area contributed by atoms with Gasteiger partial charge in [-0.25, -0.2) is 0 Å². The molecule has 7 nitrogen and oxygen atoms in total. The van der Waals surface area contributed by atoms with Crippen molar-refractivity contribution in [2.75, 3.05) is 26.3 Å². The van der Waals surface area contributed by atoms with Crippen molar-refractivity contribution in [1.82, 2.24) is 9.80 Å². The molecule has 2 amide bonds. The lowest BCUT2D eigenvalue weighted by molar-refractivity contribution is -0.154. The zero-order valence-electron chi connectivity index (χ0n) is 23.7. The van der Waals surface area contributed by atoms with Crippen molar-refractivity contribution >= 4 is 29.5 Å². The average molecular weight is 567 g/mol. The number of benzene rings is 1. The predicted molar refractivity (Wildman–Crippen MR) is 157 cm³/mol. The second kappa shape index (κ2) is 12.1. The fraction of sp³-hybridized carbons (Fsp3) is 0.594. The summed E-state index contributed by atoms with van der Waals surface area (Å²) in [7, 11) is 0. The molecular weight excluding hydrogens is 524 g/mol. The largest absolute Gasteiger partial charge is 0.465 e. The molecule has 5 rings (SSSR count). The number of cyclic esters (lactones) is 1. The lowest BCUT2D eigenvalue weighted by Crippen LogP contribution is -2.57. The van der Waals surface area contributed by atoms with E-state index < -0.39 is 33.4 Å². The van der Waals surface area contributed by atoms with Crippen LogP contribution in [0, 0.1) is 11.8 Å². The van der Waals surface area contributed by atoms with Gasteiger partial charge in [-0.2, -0.15) is 0 Å². The number of fused-ring (bicyclic) bond motifs is 2. The molecule has 2 fully saturated rings. The second-order valence-corrected chi connectivity index (χ2v) is 13.5. The molecule has 1 unspecified atom stereocenters. The molecule has 8 heteroatoms. The number of hydrogen-bond donors (Lipinski definition) is 1. The lowest BCUT2D eigenvalue weighted by Gasteiger charge is -2.40. The smallest absolute Gasteiger partial charge is 0.311 e. The summed E-state index contributed by atoms with van der Waals surface area (Å²) in [6.45, 7) is 5.30. The third-order valence-corrected chi connectivity index (χ3v) is 10.8. The number of amides is 2. The van der Waals surface area contributed by atoms with Gasteiger partial charge in [0.15, 0.2) is 0 Å². The number of rotatable bonds is 8. The third kappa shape index (κ3) is 5.13. The molecule has 6 atom stereocenters. The maximum absolute atomic E-state index is 14.6. The minimum atomic E-state index is -0.936. The molecule has 0 radical (unpaired) electrons. The van der Waals surface area contributed by atoms with Crippen molar-refractivity contribution in [2.45, 2.75) is 80.4 Å². The van der Waals surface area contributed by atoms with Gasteiger partial charge in [-0.05, 0) is 44.6 Å². The van der Waals surface area contributed by atoms with Crippen LogP contribution in [0.3, 0.4) is 0 Å². The van der Waals surface area contributed by atoms with Crippen LogP contribution in [0.2, 0.25) is 0 Å². The van der Waals surface area contributed by atoms with Gasteiger partial charge in [0.2, 0.25) is 11.8 Å². The van der Waals surface area contributed by atoms with Gasteiger partial charge in [0.05, 0.1) is 35.8 Å². The number of hydrogen-bond acceptors (Lipinski definition) is 6. The van der Waals surface area contributed by atoms with Crippen LogP contribution in [0.4, 0.5) is 0 Å². The Balaban J connectivity index is 1.61. The second-order valence-electron chi connectivity index (χ2n) is 11.7. The highest BCUT2D eigenvalue weighted by Gasteiger charge is 2.74. The average Bonchev–Trinajstić information content (AvgIpc) is 3.29. The summed E-state index contributed by atoms with van der Waals surface area (Å²) >= 11 is 1.56. The van der Waals surface area contributed by atoms with Crippen LogP contribution in [0.25, 0.3) is 0 Å². The standard InChI is InChI=1S/C32H42N2O5S/c1-3-4-11-18-33-19-13-17-32-25(26-30(38)39-20-12-6-5-10-16-31(26,2)40-32)28(36)34(27(32)29(33)37)24(22-35)21-23-14-8-7-9-15-23/h7-10,13-17,24-27,35H,3-6,11-12,18-22H2,1-2H3/b16-10-/t24-,25+,26-,27?,31+,32+/m1/s1. The molecule has 2 saturated heterocycles. The summed E-state index contributed by atoms with van der Waals surface area (Å²) in [5.41, 5.74) is 0.982. The maximum Gasteiger partial charge on any atom is 0.311 e. The predicted octanol–water partition coefficient (Wildman–Crippen LogP) is 4.15. The lowest BCUT2D eigenvalue weighted by atomic mass is 9.74. The number of allylic oxidation sites excluding steroid dienone is 1. The topological polar surface area (TPSA) is 87.2 Å². The van der Waals surface area contributed by atoms with Gasteiger partial charge in [-0.15, -0.1) is 11.8 Å². The quantitative estimate of drug-likeness (QED) is 0.289. The first-order valence-electron chi connectivity index (χ1n) is 14.8. The number of nitrogens with zero attached hydrogens (tertiary/aromatic N) is 2. The van der Waals surface area contributed by atoms with Crippen molar-refractivity contribution in [3.05, 3.63) is 60.2 Å². The number of likely N-dealkylation sites (tertiary alicyclic amines) is 1. The van der Waals surface area contributed by atoms with Gasteiger partial charge < -0.3 is 19.6 Å². The molecule has 1 aromatic carbocycles. The van der Waals surface area contributed by atoms with E-state index >= 15 is 0 Å². The number of aliphatic hydroxyl groups excluding tert-OH is 1. The fourth-order valence-corrected chi connectivity index (χ4v) is 9.21. The van der Waals surface area contributed by atoms with E-state index in [1.165, 1.54) is 0 Å². The van der Waals surface area contributed by atoms with Crippen molar-refractivity contribution in [2.24, 2.45) is 11.8 Å². The Morgan fingerprint density at radius 1 is 1.05 bits per heavy atom. The maximum atomic E-state index is 14.6. The Labute approximate surface area is 242 Å². The van der Waals surface area contributed by atoms with E-state index in [9.17, 15) is 19.5 Å². The van der Waals surface area contributed by atoms with Crippen LogP contribution in [0.15, 0.2) is 54.6 Å². The highest BCUT2D eigenvalue weighted by Crippen LogP contribution is 2.65. The molecule has 0 bridgehead atoms. The van der Waals surface area contributed by atoms with E-state index in [1.54, 1.807) is 16.7 Å². The minimum absolute atomic E-state index is 0.0966. The van der Waals surface area contributed by atoms with Crippen LogP contribution in [-0.4, -0.2) is 80.6 Å². The molecule has 0 aromatic heterocycles. The molecule has 1 aromatic rings. The van der Waals surface area contributed by atoms with Crippen LogP contribution in [-0.2, 0) is 25.5 Å². The molecule has 1 N–H and O–H groups in total. The molecule has 0 aliphatic carbocycles. The summed E-state index contributed by atoms with van der Waals surface area (Å²) in [5, 5.41) is 10.7. The number of ether oxygens (including phenoxy) is 1. The number of thioether (sulfide) groups is 1. The summed E-state index contributed by atoms with van der Waals surface area (Å²) in [4.78, 5) is 46.3. The summed E-state index contributed by atoms with van der Waals surface area (Å²) in [6, 6.07) is 8.35. The molecule has 1 spiro atoms. The van der Waals surface area contributed by atoms with E-state index in [0.717, 1.165) is 44.1 Å². The van der Waals surface area contributed by atoms with E-state index in [2.05, 4.69) is 19.1 Å². The van der Waals surface area contributed by atoms with Gasteiger partial charge in [0, 0.05) is 17.8 Å². The molecular formula is C32H42N2O5S. The first-order valence-corrected chi connectivity index (χ1v) is 15.7. The van der Waals surface area contributed by atoms with Crippen LogP contribution < -0.4 is 0 Å². The number of esters is 1. The normalized spacial score (nSPS) is 33.6. The Morgan fingerprint density at radius 2 is 1.85 bits per heavy atom. The van der Waals surface area contributed by atoms with E-state index in [0.29, 0.717) is 26.1 Å². The van der Waals surface area contributed by atoms with Crippen molar-refractivity contribution in [1.29, 1.82) is 0 Å². The monoisotopic (exact) mass is 566 g/mol. The van der Waals surface area contributed by atoms with Crippen molar-refractivity contribution in [3.8, 4) is 0 Å². The van der Waals surface area contributed by atoms with E-state index in [4.69, 9.17) is 4.74 Å². The van der Waals surface area contributed by atoms with Crippen LogP contribution in [0.5, 0.6) is 0 Å². The molecule has 4 aliphatic rings.